The van der Waals surface area contributed by atoms with Crippen molar-refractivity contribution in [3.63, 3.8) is 0 Å². The molecule has 0 spiro atoms. The summed E-state index contributed by atoms with van der Waals surface area (Å²) >= 11 is 0. The molecule has 1 aromatic rings. The van der Waals surface area contributed by atoms with Gasteiger partial charge in [-0.2, -0.15) is 5.26 Å². The third kappa shape index (κ3) is 2.82. The molecule has 0 aliphatic heterocycles. The van der Waals surface area contributed by atoms with Crippen molar-refractivity contribution in [2.24, 2.45) is 5.41 Å². The van der Waals surface area contributed by atoms with Crippen LogP contribution in [0.15, 0.2) is 18.2 Å². The van der Waals surface area contributed by atoms with Crippen LogP contribution in [0.1, 0.15) is 32.8 Å². The van der Waals surface area contributed by atoms with Crippen molar-refractivity contribution in [1.82, 2.24) is 0 Å². The first-order valence-corrected chi connectivity index (χ1v) is 5.42. The third-order valence-corrected chi connectivity index (χ3v) is 2.87. The molecule has 17 heavy (non-hydrogen) atoms. The van der Waals surface area contributed by atoms with Crippen LogP contribution >= 0.6 is 0 Å². The molecule has 0 unspecified atom stereocenters. The Morgan fingerprint density at radius 2 is 2.18 bits per heavy atom. The van der Waals surface area contributed by atoms with Crippen LogP contribution in [0.2, 0.25) is 0 Å². The number of nitrogens with one attached hydrogen (secondary N) is 1. The standard InChI is InChI=1S/C13H15FN2O/c1-4-13(2,3)12(17)16-11-7-5-6-10(14)9(11)8-15/h5-7H,4H2,1-3H3,(H,16,17). The highest BCUT2D eigenvalue weighted by Gasteiger charge is 2.26. The van der Waals surface area contributed by atoms with Crippen LogP contribution < -0.4 is 5.32 Å². The second-order valence-electron chi connectivity index (χ2n) is 4.47. The number of carbonyl (C=O) groups excluding carboxylic acids is 1. The Kier molecular flexibility index (Phi) is 3.84. The van der Waals surface area contributed by atoms with Crippen molar-refractivity contribution in [1.29, 1.82) is 5.26 Å². The fourth-order valence-electron chi connectivity index (χ4n) is 1.19. The Labute approximate surface area is 100 Å². The predicted molar refractivity (Wildman–Crippen MR) is 63.8 cm³/mol. The topological polar surface area (TPSA) is 52.9 Å². The molecule has 3 nitrogen and oxygen atoms in total. The minimum absolute atomic E-state index is 0.132. The van der Waals surface area contributed by atoms with Gasteiger partial charge in [-0.15, -0.1) is 0 Å². The van der Waals surface area contributed by atoms with Crippen molar-refractivity contribution in [3.05, 3.63) is 29.6 Å². The number of anilines is 1. The van der Waals surface area contributed by atoms with E-state index in [0.717, 1.165) is 0 Å². The highest BCUT2D eigenvalue weighted by atomic mass is 19.1. The minimum Gasteiger partial charge on any atom is -0.324 e. The van der Waals surface area contributed by atoms with Crippen LogP contribution in [0.25, 0.3) is 0 Å². The lowest BCUT2D eigenvalue weighted by molar-refractivity contribution is -0.124. The van der Waals surface area contributed by atoms with Crippen LogP contribution in [0, 0.1) is 22.6 Å². The van der Waals surface area contributed by atoms with Crippen LogP contribution in [-0.4, -0.2) is 5.91 Å². The van der Waals surface area contributed by atoms with Gasteiger partial charge in [-0.3, -0.25) is 4.79 Å². The number of benzene rings is 1. The highest BCUT2D eigenvalue weighted by molar-refractivity contribution is 5.95. The third-order valence-electron chi connectivity index (χ3n) is 2.87. The van der Waals surface area contributed by atoms with Crippen molar-refractivity contribution in [2.45, 2.75) is 27.2 Å². The average molecular weight is 234 g/mol. The van der Waals surface area contributed by atoms with Crippen LogP contribution in [0.4, 0.5) is 10.1 Å². The zero-order valence-corrected chi connectivity index (χ0v) is 10.2. The van der Waals surface area contributed by atoms with Crippen LogP contribution in [0.5, 0.6) is 0 Å². The first-order chi connectivity index (χ1) is 7.92. The summed E-state index contributed by atoms with van der Waals surface area (Å²) in [6.07, 6.45) is 0.663. The van der Waals surface area contributed by atoms with E-state index in [-0.39, 0.29) is 17.2 Å². The van der Waals surface area contributed by atoms with Gasteiger partial charge in [-0.05, 0) is 18.6 Å². The SMILES string of the molecule is CCC(C)(C)C(=O)Nc1cccc(F)c1C#N. The van der Waals surface area contributed by atoms with E-state index >= 15 is 0 Å². The van der Waals surface area contributed by atoms with Crippen molar-refractivity contribution in [2.75, 3.05) is 5.32 Å². The van der Waals surface area contributed by atoms with Crippen LogP contribution in [0.3, 0.4) is 0 Å². The Morgan fingerprint density at radius 1 is 1.53 bits per heavy atom. The molecule has 0 saturated heterocycles. The Hall–Kier alpha value is -1.89. The summed E-state index contributed by atoms with van der Waals surface area (Å²) in [6.45, 7) is 5.50. The number of nitrogens with zero attached hydrogens (tertiary/aromatic N) is 1. The molecule has 1 rings (SSSR count). The van der Waals surface area contributed by atoms with Gasteiger partial charge in [0.05, 0.1) is 5.69 Å². The lowest BCUT2D eigenvalue weighted by Gasteiger charge is -2.21. The van der Waals surface area contributed by atoms with E-state index in [9.17, 15) is 9.18 Å². The summed E-state index contributed by atoms with van der Waals surface area (Å²) in [5.74, 6) is -0.846. The van der Waals surface area contributed by atoms with E-state index < -0.39 is 11.2 Å². The van der Waals surface area contributed by atoms with Gasteiger partial charge < -0.3 is 5.32 Å². The van der Waals surface area contributed by atoms with Crippen molar-refractivity contribution < 1.29 is 9.18 Å². The van der Waals surface area contributed by atoms with Gasteiger partial charge in [0.15, 0.2) is 0 Å². The van der Waals surface area contributed by atoms with E-state index in [0.29, 0.717) is 6.42 Å². The largest absolute Gasteiger partial charge is 0.324 e. The smallest absolute Gasteiger partial charge is 0.230 e. The van der Waals surface area contributed by atoms with Gasteiger partial charge in [-0.25, -0.2) is 4.39 Å². The molecule has 1 N–H and O–H groups in total. The molecule has 0 saturated carbocycles. The summed E-state index contributed by atoms with van der Waals surface area (Å²) in [7, 11) is 0. The van der Waals surface area contributed by atoms with Gasteiger partial charge in [0.2, 0.25) is 5.91 Å². The number of hydrogen-bond acceptors (Lipinski definition) is 2. The Balaban J connectivity index is 3.02. The number of hydrogen-bond donors (Lipinski definition) is 1. The normalized spacial score (nSPS) is 10.8. The molecule has 90 valence electrons. The van der Waals surface area contributed by atoms with Gasteiger partial charge in [-0.1, -0.05) is 26.8 Å². The molecule has 1 amide bonds. The number of rotatable bonds is 3. The van der Waals surface area contributed by atoms with Gasteiger partial charge >= 0.3 is 0 Å². The highest BCUT2D eigenvalue weighted by Crippen LogP contribution is 2.24. The molecule has 0 radical (unpaired) electrons. The molecule has 0 bridgehead atoms. The van der Waals surface area contributed by atoms with Gasteiger partial charge in [0, 0.05) is 5.41 Å². The molecular formula is C13H15FN2O. The second kappa shape index (κ2) is 4.96. The van der Waals surface area contributed by atoms with Crippen molar-refractivity contribution >= 4 is 11.6 Å². The average Bonchev–Trinajstić information content (AvgIpc) is 2.29. The predicted octanol–water partition coefficient (Wildman–Crippen LogP) is 3.07. The summed E-state index contributed by atoms with van der Waals surface area (Å²) in [5, 5.41) is 11.4. The number of nitriles is 1. The quantitative estimate of drug-likeness (QED) is 0.873. The maximum absolute atomic E-state index is 13.3. The molecule has 0 aromatic heterocycles. The second-order valence-corrected chi connectivity index (χ2v) is 4.47. The monoisotopic (exact) mass is 234 g/mol. The minimum atomic E-state index is -0.625. The summed E-state index contributed by atoms with van der Waals surface area (Å²) in [5.41, 5.74) is -0.453. The molecule has 0 aliphatic rings. The fraction of sp³-hybridized carbons (Fsp3) is 0.385. The molecule has 0 heterocycles. The molecule has 1 aromatic carbocycles. The molecule has 0 atom stereocenters. The van der Waals surface area contributed by atoms with E-state index in [2.05, 4.69) is 5.32 Å². The summed E-state index contributed by atoms with van der Waals surface area (Å²) in [6, 6.07) is 5.92. The number of halogens is 1. The Bertz CT molecular complexity index is 475. The zero-order chi connectivity index (χ0) is 13.1. The molecule has 0 aliphatic carbocycles. The summed E-state index contributed by atoms with van der Waals surface area (Å²) < 4.78 is 13.3. The van der Waals surface area contributed by atoms with Gasteiger partial charge in [0.1, 0.15) is 17.4 Å². The maximum Gasteiger partial charge on any atom is 0.230 e. The van der Waals surface area contributed by atoms with E-state index in [4.69, 9.17) is 5.26 Å². The van der Waals surface area contributed by atoms with E-state index in [1.165, 1.54) is 18.2 Å². The first-order valence-electron chi connectivity index (χ1n) is 5.42. The molecule has 4 heteroatoms. The lowest BCUT2D eigenvalue weighted by Crippen LogP contribution is -2.30. The van der Waals surface area contributed by atoms with E-state index in [1.807, 2.05) is 6.92 Å². The Morgan fingerprint density at radius 3 is 2.71 bits per heavy atom. The van der Waals surface area contributed by atoms with Crippen LogP contribution in [-0.2, 0) is 4.79 Å². The number of amides is 1. The zero-order valence-electron chi connectivity index (χ0n) is 10.2. The molecule has 0 fully saturated rings. The maximum atomic E-state index is 13.3. The fourth-order valence-corrected chi connectivity index (χ4v) is 1.19. The number of carbonyl (C=O) groups is 1. The summed E-state index contributed by atoms with van der Waals surface area (Å²) in [4.78, 5) is 11.9. The molecular weight excluding hydrogens is 219 g/mol. The van der Waals surface area contributed by atoms with Gasteiger partial charge in [0.25, 0.3) is 0 Å². The van der Waals surface area contributed by atoms with E-state index in [1.54, 1.807) is 19.9 Å². The first kappa shape index (κ1) is 13.2. The lowest BCUT2D eigenvalue weighted by atomic mass is 9.89. The van der Waals surface area contributed by atoms with Crippen molar-refractivity contribution in [3.8, 4) is 6.07 Å².